The summed E-state index contributed by atoms with van der Waals surface area (Å²) in [5.74, 6) is 1.56. The van der Waals surface area contributed by atoms with E-state index in [2.05, 4.69) is 15.6 Å². The summed E-state index contributed by atoms with van der Waals surface area (Å²) < 4.78 is 5.78. The van der Waals surface area contributed by atoms with Gasteiger partial charge in [0, 0.05) is 25.0 Å². The zero-order valence-electron chi connectivity index (χ0n) is 14.5. The average Bonchev–Trinajstić information content (AvgIpc) is 3.26. The van der Waals surface area contributed by atoms with E-state index in [9.17, 15) is 4.79 Å². The second kappa shape index (κ2) is 9.65. The number of nitrogens with one attached hydrogen (secondary N) is 2. The van der Waals surface area contributed by atoms with Crippen molar-refractivity contribution in [2.75, 3.05) is 26.2 Å². The van der Waals surface area contributed by atoms with E-state index in [1.165, 1.54) is 0 Å². The third-order valence-electron chi connectivity index (χ3n) is 4.08. The van der Waals surface area contributed by atoms with Crippen LogP contribution in [0.15, 0.2) is 39.7 Å². The van der Waals surface area contributed by atoms with Gasteiger partial charge in [0.2, 0.25) is 5.91 Å². The molecule has 3 rings (SSSR count). The summed E-state index contributed by atoms with van der Waals surface area (Å²) in [6, 6.07) is 9.94. The Morgan fingerprint density at radius 1 is 1.24 bits per heavy atom. The average molecular weight is 456 g/mol. The van der Waals surface area contributed by atoms with Crippen LogP contribution in [0.3, 0.4) is 0 Å². The molecular weight excluding hydrogens is 431 g/mol. The monoisotopic (exact) mass is 456 g/mol. The van der Waals surface area contributed by atoms with Crippen molar-refractivity contribution in [1.29, 1.82) is 0 Å². The molecule has 25 heavy (non-hydrogen) atoms. The van der Waals surface area contributed by atoms with E-state index in [1.807, 2.05) is 42.2 Å². The predicted molar refractivity (Wildman–Crippen MR) is 110 cm³/mol. The second-order valence-electron chi connectivity index (χ2n) is 5.89. The van der Waals surface area contributed by atoms with Crippen LogP contribution in [0, 0.1) is 0 Å². The normalized spacial score (nSPS) is 14.4. The van der Waals surface area contributed by atoms with Crippen molar-refractivity contribution in [1.82, 2.24) is 15.5 Å². The van der Waals surface area contributed by atoms with E-state index >= 15 is 0 Å². The number of rotatable bonds is 5. The molecule has 2 aromatic rings. The van der Waals surface area contributed by atoms with Gasteiger partial charge in [-0.1, -0.05) is 18.2 Å². The number of fused-ring (bicyclic) bond motifs is 1. The summed E-state index contributed by atoms with van der Waals surface area (Å²) in [7, 11) is 0. The molecule has 1 aliphatic heterocycles. The molecule has 1 aliphatic rings. The molecule has 2 heterocycles. The summed E-state index contributed by atoms with van der Waals surface area (Å²) >= 11 is 0. The highest BCUT2D eigenvalue weighted by atomic mass is 127. The van der Waals surface area contributed by atoms with Crippen molar-refractivity contribution in [2.45, 2.75) is 26.3 Å². The zero-order chi connectivity index (χ0) is 16.8. The maximum atomic E-state index is 12.1. The Morgan fingerprint density at radius 3 is 2.72 bits per heavy atom. The molecule has 0 bridgehead atoms. The third-order valence-corrected chi connectivity index (χ3v) is 4.08. The van der Waals surface area contributed by atoms with Gasteiger partial charge in [0.25, 0.3) is 0 Å². The van der Waals surface area contributed by atoms with Crippen molar-refractivity contribution in [3.63, 3.8) is 0 Å². The number of nitrogens with zero attached hydrogens (tertiary/aromatic N) is 2. The summed E-state index contributed by atoms with van der Waals surface area (Å²) in [5.41, 5.74) is 0.875. The molecule has 136 valence electrons. The molecule has 0 unspecified atom stereocenters. The molecule has 1 fully saturated rings. The number of furan rings is 1. The number of hydrogen-bond acceptors (Lipinski definition) is 3. The number of aliphatic imine (C=N–C) groups is 1. The number of benzene rings is 1. The van der Waals surface area contributed by atoms with Crippen LogP contribution < -0.4 is 10.6 Å². The molecule has 0 radical (unpaired) electrons. The first kappa shape index (κ1) is 19.6. The molecule has 0 aliphatic carbocycles. The quantitative estimate of drug-likeness (QED) is 0.413. The first-order valence-corrected chi connectivity index (χ1v) is 8.53. The van der Waals surface area contributed by atoms with Gasteiger partial charge >= 0.3 is 0 Å². The van der Waals surface area contributed by atoms with Crippen molar-refractivity contribution in [2.24, 2.45) is 4.99 Å². The van der Waals surface area contributed by atoms with Gasteiger partial charge in [-0.2, -0.15) is 0 Å². The molecule has 7 heteroatoms. The summed E-state index contributed by atoms with van der Waals surface area (Å²) in [4.78, 5) is 18.4. The van der Waals surface area contributed by atoms with E-state index in [4.69, 9.17) is 4.42 Å². The minimum Gasteiger partial charge on any atom is -0.459 e. The molecule has 1 aromatic carbocycles. The van der Waals surface area contributed by atoms with Gasteiger partial charge in [0.15, 0.2) is 5.96 Å². The SMILES string of the molecule is CCNC(=NCC(=O)N1CCCC1)NCc1cc2ccccc2o1.I. The van der Waals surface area contributed by atoms with Crippen LogP contribution in [0.5, 0.6) is 0 Å². The van der Waals surface area contributed by atoms with Gasteiger partial charge in [0.05, 0.1) is 6.54 Å². The largest absolute Gasteiger partial charge is 0.459 e. The fourth-order valence-electron chi connectivity index (χ4n) is 2.85. The zero-order valence-corrected chi connectivity index (χ0v) is 16.8. The number of carbonyl (C=O) groups is 1. The number of carbonyl (C=O) groups excluding carboxylic acids is 1. The molecular formula is C18H25IN4O2. The smallest absolute Gasteiger partial charge is 0.244 e. The number of likely N-dealkylation sites (tertiary alicyclic amines) is 1. The van der Waals surface area contributed by atoms with Crippen molar-refractivity contribution in [3.8, 4) is 0 Å². The highest BCUT2D eigenvalue weighted by Gasteiger charge is 2.17. The van der Waals surface area contributed by atoms with E-state index < -0.39 is 0 Å². The highest BCUT2D eigenvalue weighted by Crippen LogP contribution is 2.18. The molecule has 0 spiro atoms. The lowest BCUT2D eigenvalue weighted by Crippen LogP contribution is -2.38. The molecule has 0 saturated carbocycles. The summed E-state index contributed by atoms with van der Waals surface area (Å²) in [5, 5.41) is 7.46. The highest BCUT2D eigenvalue weighted by molar-refractivity contribution is 14.0. The Hall–Kier alpha value is -1.77. The predicted octanol–water partition coefficient (Wildman–Crippen LogP) is 2.73. The van der Waals surface area contributed by atoms with Crippen LogP contribution in [0.1, 0.15) is 25.5 Å². The Kier molecular flexibility index (Phi) is 7.54. The van der Waals surface area contributed by atoms with Gasteiger partial charge in [-0.15, -0.1) is 24.0 Å². The minimum atomic E-state index is 0. The second-order valence-corrected chi connectivity index (χ2v) is 5.89. The maximum absolute atomic E-state index is 12.1. The number of guanidine groups is 1. The number of para-hydroxylation sites is 1. The number of halogens is 1. The van der Waals surface area contributed by atoms with E-state index in [0.29, 0.717) is 12.5 Å². The lowest BCUT2D eigenvalue weighted by molar-refractivity contribution is -0.128. The standard InChI is InChI=1S/C18H24N4O2.HI/c1-2-19-18(21-13-17(23)22-9-5-6-10-22)20-12-15-11-14-7-3-4-8-16(14)24-15;/h3-4,7-8,11H,2,5-6,9-10,12-13H2,1H3,(H2,19,20,21);1H. The first-order valence-electron chi connectivity index (χ1n) is 8.53. The van der Waals surface area contributed by atoms with E-state index in [1.54, 1.807) is 0 Å². The maximum Gasteiger partial charge on any atom is 0.244 e. The van der Waals surface area contributed by atoms with E-state index in [0.717, 1.165) is 49.2 Å². The fourth-order valence-corrected chi connectivity index (χ4v) is 2.85. The van der Waals surface area contributed by atoms with Gasteiger partial charge in [-0.05, 0) is 31.9 Å². The Balaban J connectivity index is 0.00000225. The number of hydrogen-bond donors (Lipinski definition) is 2. The minimum absolute atomic E-state index is 0. The van der Waals surface area contributed by atoms with Crippen LogP contribution in [-0.4, -0.2) is 42.9 Å². The van der Waals surface area contributed by atoms with Gasteiger partial charge in [-0.3, -0.25) is 4.79 Å². The Morgan fingerprint density at radius 2 is 2.00 bits per heavy atom. The van der Waals surface area contributed by atoms with Crippen LogP contribution in [0.4, 0.5) is 0 Å². The Labute approximate surface area is 165 Å². The van der Waals surface area contributed by atoms with Gasteiger partial charge < -0.3 is 20.0 Å². The first-order chi connectivity index (χ1) is 11.8. The fraction of sp³-hybridized carbons (Fsp3) is 0.444. The van der Waals surface area contributed by atoms with Crippen LogP contribution in [0.2, 0.25) is 0 Å². The van der Waals surface area contributed by atoms with Crippen LogP contribution in [0.25, 0.3) is 11.0 Å². The van der Waals surface area contributed by atoms with Crippen LogP contribution in [-0.2, 0) is 11.3 Å². The molecule has 2 N–H and O–H groups in total. The lowest BCUT2D eigenvalue weighted by Gasteiger charge is -2.14. The summed E-state index contributed by atoms with van der Waals surface area (Å²) in [6.45, 7) is 5.16. The van der Waals surface area contributed by atoms with Crippen molar-refractivity contribution in [3.05, 3.63) is 36.1 Å². The number of amides is 1. The molecule has 1 saturated heterocycles. The van der Waals surface area contributed by atoms with E-state index in [-0.39, 0.29) is 36.4 Å². The molecule has 6 nitrogen and oxygen atoms in total. The summed E-state index contributed by atoms with van der Waals surface area (Å²) in [6.07, 6.45) is 2.19. The molecule has 1 aromatic heterocycles. The van der Waals surface area contributed by atoms with Crippen LogP contribution >= 0.6 is 24.0 Å². The van der Waals surface area contributed by atoms with Crippen molar-refractivity contribution >= 4 is 46.8 Å². The topological polar surface area (TPSA) is 69.9 Å². The molecule has 1 amide bonds. The Bertz CT molecular complexity index is 690. The lowest BCUT2D eigenvalue weighted by atomic mass is 10.2. The third kappa shape index (κ3) is 5.35. The van der Waals surface area contributed by atoms with Gasteiger partial charge in [0.1, 0.15) is 17.9 Å². The van der Waals surface area contributed by atoms with Crippen molar-refractivity contribution < 1.29 is 9.21 Å². The van der Waals surface area contributed by atoms with Gasteiger partial charge in [-0.25, -0.2) is 4.99 Å². The molecule has 0 atom stereocenters.